The second kappa shape index (κ2) is 3.96. The molecule has 0 saturated heterocycles. The lowest BCUT2D eigenvalue weighted by atomic mass is 10.0. The van der Waals surface area contributed by atoms with Gasteiger partial charge in [0.25, 0.3) is 0 Å². The number of benzene rings is 1. The van der Waals surface area contributed by atoms with Gasteiger partial charge in [-0.1, -0.05) is 6.92 Å². The van der Waals surface area contributed by atoms with Gasteiger partial charge < -0.3 is 4.79 Å². The van der Waals surface area contributed by atoms with Crippen molar-refractivity contribution in [3.8, 4) is 0 Å². The summed E-state index contributed by atoms with van der Waals surface area (Å²) < 4.78 is 63.7. The smallest absolute Gasteiger partial charge is 0.200 e. The van der Waals surface area contributed by atoms with E-state index in [0.717, 1.165) is 6.92 Å². The molecule has 6 heteroatoms. The number of rotatable bonds is 2. The Hall–Kier alpha value is -1.46. The van der Waals surface area contributed by atoms with Crippen LogP contribution in [0.25, 0.3) is 0 Å². The van der Waals surface area contributed by atoms with Crippen LogP contribution in [0.15, 0.2) is 0 Å². The topological polar surface area (TPSA) is 17.1 Å². The minimum Gasteiger partial charge on any atom is -0.303 e. The fraction of sp³-hybridized carbons (Fsp3) is 0.222. The summed E-state index contributed by atoms with van der Waals surface area (Å²) in [6.07, 6.45) is 0.0955. The summed E-state index contributed by atoms with van der Waals surface area (Å²) in [5.41, 5.74) is -1.11. The maximum absolute atomic E-state index is 13.0. The lowest BCUT2D eigenvalue weighted by Gasteiger charge is -2.09. The number of hydrogen-bond acceptors (Lipinski definition) is 1. The van der Waals surface area contributed by atoms with Gasteiger partial charge in [0.1, 0.15) is 6.29 Å². The van der Waals surface area contributed by atoms with E-state index in [1.54, 1.807) is 0 Å². The van der Waals surface area contributed by atoms with Crippen LogP contribution in [0.2, 0.25) is 0 Å². The maximum Gasteiger partial charge on any atom is 0.200 e. The highest BCUT2D eigenvalue weighted by molar-refractivity contribution is 5.61. The number of aldehydes is 1. The molecule has 0 heterocycles. The minimum absolute atomic E-state index is 0.0955. The zero-order chi connectivity index (χ0) is 11.7. The molecule has 1 atom stereocenters. The Bertz CT molecular complexity index is 386. The van der Waals surface area contributed by atoms with Gasteiger partial charge in [0.05, 0.1) is 0 Å². The Morgan fingerprint density at radius 3 is 1.53 bits per heavy atom. The van der Waals surface area contributed by atoms with E-state index in [9.17, 15) is 26.7 Å². The van der Waals surface area contributed by atoms with Crippen molar-refractivity contribution in [1.82, 2.24) is 0 Å². The van der Waals surface area contributed by atoms with Crippen LogP contribution in [0.5, 0.6) is 0 Å². The summed E-state index contributed by atoms with van der Waals surface area (Å²) in [5.74, 6) is -11.6. The molecule has 0 amide bonds. The summed E-state index contributed by atoms with van der Waals surface area (Å²) in [6.45, 7) is 1.03. The number of halogens is 5. The Balaban J connectivity index is 3.59. The highest BCUT2D eigenvalue weighted by Gasteiger charge is 2.28. The average Bonchev–Trinajstić information content (AvgIpc) is 2.23. The molecule has 0 unspecified atom stereocenters. The summed E-state index contributed by atoms with van der Waals surface area (Å²) in [7, 11) is 0. The second-order valence-electron chi connectivity index (χ2n) is 2.91. The molecule has 0 aliphatic carbocycles. The largest absolute Gasteiger partial charge is 0.303 e. The van der Waals surface area contributed by atoms with E-state index in [0.29, 0.717) is 0 Å². The highest BCUT2D eigenvalue weighted by Crippen LogP contribution is 2.27. The van der Waals surface area contributed by atoms with E-state index in [1.165, 1.54) is 0 Å². The fourth-order valence-electron chi connectivity index (χ4n) is 1.09. The van der Waals surface area contributed by atoms with Crippen molar-refractivity contribution < 1.29 is 26.7 Å². The Morgan fingerprint density at radius 1 is 0.867 bits per heavy atom. The highest BCUT2D eigenvalue weighted by atomic mass is 19.2. The van der Waals surface area contributed by atoms with Crippen LogP contribution in [0, 0.1) is 29.1 Å². The Kier molecular flexibility index (Phi) is 3.06. The molecule has 1 aromatic rings. The van der Waals surface area contributed by atoms with Crippen LogP contribution in [0.1, 0.15) is 18.4 Å². The van der Waals surface area contributed by atoms with E-state index >= 15 is 0 Å². The molecule has 1 nitrogen and oxygen atoms in total. The second-order valence-corrected chi connectivity index (χ2v) is 2.91. The van der Waals surface area contributed by atoms with Crippen molar-refractivity contribution >= 4 is 6.29 Å². The van der Waals surface area contributed by atoms with Crippen molar-refractivity contribution in [2.24, 2.45) is 0 Å². The first-order chi connectivity index (χ1) is 6.91. The van der Waals surface area contributed by atoms with Gasteiger partial charge in [-0.2, -0.15) is 0 Å². The van der Waals surface area contributed by atoms with Gasteiger partial charge in [-0.3, -0.25) is 0 Å². The third kappa shape index (κ3) is 1.71. The Morgan fingerprint density at radius 2 is 1.20 bits per heavy atom. The van der Waals surface area contributed by atoms with Gasteiger partial charge in [-0.15, -0.1) is 0 Å². The maximum atomic E-state index is 13.0. The Labute approximate surface area is 81.5 Å². The summed E-state index contributed by atoms with van der Waals surface area (Å²) in [6, 6.07) is 0. The van der Waals surface area contributed by atoms with Crippen LogP contribution in [-0.2, 0) is 4.79 Å². The summed E-state index contributed by atoms with van der Waals surface area (Å²) >= 11 is 0. The minimum atomic E-state index is -2.23. The van der Waals surface area contributed by atoms with Crippen molar-refractivity contribution in [3.05, 3.63) is 34.6 Å². The lowest BCUT2D eigenvalue weighted by Crippen LogP contribution is -2.10. The summed E-state index contributed by atoms with van der Waals surface area (Å²) in [4.78, 5) is 10.2. The fourth-order valence-corrected chi connectivity index (χ4v) is 1.09. The van der Waals surface area contributed by atoms with E-state index in [4.69, 9.17) is 0 Å². The molecule has 0 saturated carbocycles. The predicted octanol–water partition coefficient (Wildman–Crippen LogP) is 2.68. The molecule has 0 spiro atoms. The third-order valence-electron chi connectivity index (χ3n) is 1.90. The normalized spacial score (nSPS) is 12.7. The molecule has 0 aliphatic rings. The first kappa shape index (κ1) is 11.6. The van der Waals surface area contributed by atoms with Gasteiger partial charge >= 0.3 is 0 Å². The molecule has 0 radical (unpaired) electrons. The zero-order valence-corrected chi connectivity index (χ0v) is 7.45. The quantitative estimate of drug-likeness (QED) is 0.326. The lowest BCUT2D eigenvalue weighted by molar-refractivity contribution is -0.108. The van der Waals surface area contributed by atoms with Crippen molar-refractivity contribution in [3.63, 3.8) is 0 Å². The SMILES string of the molecule is C[C@@H](C=O)c1c(F)c(F)c(F)c(F)c1F. The third-order valence-corrected chi connectivity index (χ3v) is 1.90. The number of carbonyl (C=O) groups excluding carboxylic acids is 1. The first-order valence-corrected chi connectivity index (χ1v) is 3.88. The van der Waals surface area contributed by atoms with Crippen LogP contribution in [-0.4, -0.2) is 6.29 Å². The van der Waals surface area contributed by atoms with Crippen LogP contribution in [0.4, 0.5) is 22.0 Å². The van der Waals surface area contributed by atoms with E-state index in [2.05, 4.69) is 0 Å². The number of carbonyl (C=O) groups is 1. The van der Waals surface area contributed by atoms with Gasteiger partial charge in [0.15, 0.2) is 23.3 Å². The van der Waals surface area contributed by atoms with E-state index in [1.807, 2.05) is 0 Å². The summed E-state index contributed by atoms with van der Waals surface area (Å²) in [5, 5.41) is 0. The number of hydrogen-bond donors (Lipinski definition) is 0. The molecule has 82 valence electrons. The zero-order valence-electron chi connectivity index (χ0n) is 7.45. The van der Waals surface area contributed by atoms with Crippen molar-refractivity contribution in [2.45, 2.75) is 12.8 Å². The molecule has 1 rings (SSSR count). The van der Waals surface area contributed by atoms with Crippen LogP contribution in [0.3, 0.4) is 0 Å². The van der Waals surface area contributed by atoms with E-state index < -0.39 is 40.6 Å². The van der Waals surface area contributed by atoms with Crippen LogP contribution >= 0.6 is 0 Å². The molecule has 15 heavy (non-hydrogen) atoms. The molecule has 1 aromatic carbocycles. The molecule has 0 aromatic heterocycles. The van der Waals surface area contributed by atoms with Crippen LogP contribution < -0.4 is 0 Å². The molecule has 0 aliphatic heterocycles. The standard InChI is InChI=1S/C9H5F5O/c1-3(2-15)4-5(10)7(12)9(14)8(13)6(4)11/h2-3H,1H3/t3-/m0/s1. The molecule has 0 fully saturated rings. The van der Waals surface area contributed by atoms with Gasteiger partial charge in [0, 0.05) is 11.5 Å². The van der Waals surface area contributed by atoms with Gasteiger partial charge in [-0.05, 0) is 0 Å². The molecule has 0 N–H and O–H groups in total. The molecular formula is C9H5F5O. The van der Waals surface area contributed by atoms with Gasteiger partial charge in [-0.25, -0.2) is 22.0 Å². The monoisotopic (exact) mass is 224 g/mol. The van der Waals surface area contributed by atoms with Crippen molar-refractivity contribution in [2.75, 3.05) is 0 Å². The van der Waals surface area contributed by atoms with E-state index in [-0.39, 0.29) is 6.29 Å². The van der Waals surface area contributed by atoms with Gasteiger partial charge in [0.2, 0.25) is 5.82 Å². The predicted molar refractivity (Wildman–Crippen MR) is 40.7 cm³/mol. The first-order valence-electron chi connectivity index (χ1n) is 3.88. The molecule has 0 bridgehead atoms. The average molecular weight is 224 g/mol. The van der Waals surface area contributed by atoms with Crippen molar-refractivity contribution in [1.29, 1.82) is 0 Å². The molecular weight excluding hydrogens is 219 g/mol.